The van der Waals surface area contributed by atoms with Gasteiger partial charge in [-0.05, 0) is 28.3 Å². The van der Waals surface area contributed by atoms with Crippen molar-refractivity contribution < 1.29 is 4.42 Å². The van der Waals surface area contributed by atoms with Gasteiger partial charge in [0, 0.05) is 43.6 Å². The van der Waals surface area contributed by atoms with Gasteiger partial charge in [0.2, 0.25) is 0 Å². The first kappa shape index (κ1) is 25.0. The van der Waals surface area contributed by atoms with E-state index in [1.54, 1.807) is 0 Å². The van der Waals surface area contributed by atoms with E-state index in [-0.39, 0.29) is 0 Å². The van der Waals surface area contributed by atoms with Crippen LogP contribution >= 0.6 is 0 Å². The maximum Gasteiger partial charge on any atom is 0.164 e. The van der Waals surface area contributed by atoms with Gasteiger partial charge in [-0.3, -0.25) is 0 Å². The molecule has 0 amide bonds. The summed E-state index contributed by atoms with van der Waals surface area (Å²) in [6.45, 7) is 0. The Bertz CT molecular complexity index is 2740. The molecule has 0 spiro atoms. The van der Waals surface area contributed by atoms with E-state index in [1.807, 2.05) is 72.8 Å². The number of fused-ring (bicyclic) bond motifs is 12. The molecule has 5 heteroatoms. The Kier molecular flexibility index (Phi) is 5.22. The molecule has 46 heavy (non-hydrogen) atoms. The first-order valence-corrected chi connectivity index (χ1v) is 15.4. The van der Waals surface area contributed by atoms with E-state index in [0.29, 0.717) is 17.5 Å². The molecule has 0 aliphatic rings. The number of nitrogens with zero attached hydrogens (tertiary/aromatic N) is 3. The second-order valence-electron chi connectivity index (χ2n) is 11.7. The summed E-state index contributed by atoms with van der Waals surface area (Å²) in [5, 5.41) is 8.99. The van der Waals surface area contributed by atoms with Crippen molar-refractivity contribution in [3.63, 3.8) is 0 Å². The number of nitrogens with one attached hydrogen (secondary N) is 1. The third-order valence-electron chi connectivity index (χ3n) is 9.04. The average molecular weight is 589 g/mol. The molecule has 0 radical (unpaired) electrons. The molecule has 0 saturated carbocycles. The fourth-order valence-corrected chi connectivity index (χ4v) is 7.00. The largest absolute Gasteiger partial charge is 0.454 e. The molecular weight excluding hydrogens is 564 g/mol. The molecule has 214 valence electrons. The highest BCUT2D eigenvalue weighted by molar-refractivity contribution is 6.36. The SMILES string of the molecule is c1ccc(-c2nc(-c3ccccc3)nc(-c3cc4c([nH]c5c6oc7ccccc7c6c6ccccc6c45)c4ccccc34)n2)cc1. The molecule has 0 bridgehead atoms. The molecule has 10 aromatic rings. The Morgan fingerprint density at radius 1 is 0.413 bits per heavy atom. The van der Waals surface area contributed by atoms with Crippen molar-refractivity contribution in [1.82, 2.24) is 19.9 Å². The first-order chi connectivity index (χ1) is 22.8. The number of hydrogen-bond donors (Lipinski definition) is 1. The smallest absolute Gasteiger partial charge is 0.164 e. The van der Waals surface area contributed by atoms with Crippen LogP contribution in [0.25, 0.3) is 99.5 Å². The van der Waals surface area contributed by atoms with Crippen LogP contribution in [0, 0.1) is 0 Å². The molecule has 1 N–H and O–H groups in total. The Balaban J connectivity index is 1.35. The third-order valence-corrected chi connectivity index (χ3v) is 9.04. The van der Waals surface area contributed by atoms with Crippen molar-refractivity contribution in [2.24, 2.45) is 0 Å². The zero-order chi connectivity index (χ0) is 30.2. The van der Waals surface area contributed by atoms with Gasteiger partial charge in [0.15, 0.2) is 23.1 Å². The van der Waals surface area contributed by atoms with Gasteiger partial charge in [-0.1, -0.05) is 127 Å². The van der Waals surface area contributed by atoms with E-state index in [1.165, 1.54) is 10.8 Å². The van der Waals surface area contributed by atoms with Crippen molar-refractivity contribution in [1.29, 1.82) is 0 Å². The molecule has 3 aromatic heterocycles. The van der Waals surface area contributed by atoms with Crippen LogP contribution in [0.2, 0.25) is 0 Å². The Morgan fingerprint density at radius 2 is 0.935 bits per heavy atom. The summed E-state index contributed by atoms with van der Waals surface area (Å²) in [6.07, 6.45) is 0. The second kappa shape index (κ2) is 9.58. The standard InChI is InChI=1S/C41H24N4O/c1-3-13-24(14-4-1)39-43-40(25-15-5-2-6-16-25)45-41(44-39)31-23-32-34-27-18-8-9-19-28(27)35-30-21-11-12-22-33(30)46-38(35)37(34)42-36(32)29-20-10-7-17-26(29)31/h1-23,42H. The summed E-state index contributed by atoms with van der Waals surface area (Å²) in [7, 11) is 0. The molecule has 3 heterocycles. The summed E-state index contributed by atoms with van der Waals surface area (Å²) < 4.78 is 6.60. The maximum atomic E-state index is 6.60. The van der Waals surface area contributed by atoms with Gasteiger partial charge in [-0.15, -0.1) is 0 Å². The van der Waals surface area contributed by atoms with Crippen molar-refractivity contribution >= 4 is 65.3 Å². The molecule has 0 saturated heterocycles. The monoisotopic (exact) mass is 588 g/mol. The van der Waals surface area contributed by atoms with Gasteiger partial charge in [0.05, 0.1) is 11.0 Å². The van der Waals surface area contributed by atoms with Gasteiger partial charge in [0.25, 0.3) is 0 Å². The fourth-order valence-electron chi connectivity index (χ4n) is 7.00. The Labute approximate surface area is 262 Å². The van der Waals surface area contributed by atoms with E-state index in [2.05, 4.69) is 71.7 Å². The molecule has 0 atom stereocenters. The highest BCUT2D eigenvalue weighted by Crippen LogP contribution is 2.45. The molecular formula is C41H24N4O. The van der Waals surface area contributed by atoms with Crippen LogP contribution in [0.1, 0.15) is 0 Å². The van der Waals surface area contributed by atoms with Gasteiger partial charge in [0.1, 0.15) is 5.58 Å². The predicted molar refractivity (Wildman–Crippen MR) is 188 cm³/mol. The molecule has 0 fully saturated rings. The highest BCUT2D eigenvalue weighted by Gasteiger charge is 2.22. The lowest BCUT2D eigenvalue weighted by molar-refractivity contribution is 0.672. The number of aromatic amines is 1. The molecule has 10 rings (SSSR count). The third kappa shape index (κ3) is 3.60. The topological polar surface area (TPSA) is 67.6 Å². The van der Waals surface area contributed by atoms with Gasteiger partial charge >= 0.3 is 0 Å². The number of benzene rings is 7. The minimum absolute atomic E-state index is 0.634. The zero-order valence-corrected chi connectivity index (χ0v) is 24.5. The van der Waals surface area contributed by atoms with E-state index in [9.17, 15) is 0 Å². The van der Waals surface area contributed by atoms with Crippen LogP contribution in [0.15, 0.2) is 144 Å². The number of aromatic nitrogens is 4. The molecule has 5 nitrogen and oxygen atoms in total. The first-order valence-electron chi connectivity index (χ1n) is 15.4. The zero-order valence-electron chi connectivity index (χ0n) is 24.5. The number of rotatable bonds is 3. The van der Waals surface area contributed by atoms with E-state index >= 15 is 0 Å². The summed E-state index contributed by atoms with van der Waals surface area (Å²) >= 11 is 0. The maximum absolute atomic E-state index is 6.60. The van der Waals surface area contributed by atoms with Crippen LogP contribution in [0.3, 0.4) is 0 Å². The minimum atomic E-state index is 0.634. The lowest BCUT2D eigenvalue weighted by Crippen LogP contribution is -2.00. The number of furan rings is 1. The van der Waals surface area contributed by atoms with Gasteiger partial charge in [-0.25, -0.2) is 15.0 Å². The summed E-state index contributed by atoms with van der Waals surface area (Å²) in [5.41, 5.74) is 6.65. The molecule has 7 aromatic carbocycles. The van der Waals surface area contributed by atoms with Crippen LogP contribution < -0.4 is 0 Å². The van der Waals surface area contributed by atoms with Crippen LogP contribution in [-0.2, 0) is 0 Å². The number of hydrogen-bond acceptors (Lipinski definition) is 4. The van der Waals surface area contributed by atoms with Crippen molar-refractivity contribution in [2.75, 3.05) is 0 Å². The highest BCUT2D eigenvalue weighted by atomic mass is 16.3. The van der Waals surface area contributed by atoms with Crippen LogP contribution in [-0.4, -0.2) is 19.9 Å². The predicted octanol–water partition coefficient (Wildman–Crippen LogP) is 10.7. The molecule has 0 unspecified atom stereocenters. The van der Waals surface area contributed by atoms with E-state index < -0.39 is 0 Å². The quantitative estimate of drug-likeness (QED) is 0.223. The van der Waals surface area contributed by atoms with Crippen LogP contribution in [0.4, 0.5) is 0 Å². The lowest BCUT2D eigenvalue weighted by Gasteiger charge is -2.11. The minimum Gasteiger partial charge on any atom is -0.454 e. The number of H-pyrrole nitrogens is 1. The van der Waals surface area contributed by atoms with E-state index in [0.717, 1.165) is 71.2 Å². The Hall–Kier alpha value is -6.33. The van der Waals surface area contributed by atoms with Crippen molar-refractivity contribution in [3.05, 3.63) is 140 Å². The van der Waals surface area contributed by atoms with Crippen molar-refractivity contribution in [2.45, 2.75) is 0 Å². The van der Waals surface area contributed by atoms with Crippen LogP contribution in [0.5, 0.6) is 0 Å². The average Bonchev–Trinajstić information content (AvgIpc) is 3.72. The number of para-hydroxylation sites is 1. The lowest BCUT2D eigenvalue weighted by atomic mass is 9.96. The molecule has 0 aliphatic carbocycles. The summed E-state index contributed by atoms with van der Waals surface area (Å²) in [4.78, 5) is 19.0. The summed E-state index contributed by atoms with van der Waals surface area (Å²) in [5.74, 6) is 1.92. The molecule has 0 aliphatic heterocycles. The van der Waals surface area contributed by atoms with Gasteiger partial charge < -0.3 is 9.40 Å². The van der Waals surface area contributed by atoms with Gasteiger partial charge in [-0.2, -0.15) is 0 Å². The normalized spacial score (nSPS) is 11.9. The second-order valence-corrected chi connectivity index (χ2v) is 11.7. The van der Waals surface area contributed by atoms with Crippen molar-refractivity contribution in [3.8, 4) is 34.2 Å². The van der Waals surface area contributed by atoms with E-state index in [4.69, 9.17) is 19.4 Å². The summed E-state index contributed by atoms with van der Waals surface area (Å²) in [6, 6.07) is 47.9. The fraction of sp³-hybridized carbons (Fsp3) is 0. The Morgan fingerprint density at radius 3 is 1.61 bits per heavy atom.